The summed E-state index contributed by atoms with van der Waals surface area (Å²) in [6.07, 6.45) is 1.13. The Balaban J connectivity index is 1.57. The second-order valence-electron chi connectivity index (χ2n) is 5.99. The molecule has 0 atom stereocenters. The zero-order valence-electron chi connectivity index (χ0n) is 14.7. The summed E-state index contributed by atoms with van der Waals surface area (Å²) in [6, 6.07) is 11.2. The monoisotopic (exact) mass is 375 g/mol. The van der Waals surface area contributed by atoms with Crippen molar-refractivity contribution in [1.82, 2.24) is 5.32 Å². The number of ether oxygens (including phenoxy) is 3. The van der Waals surface area contributed by atoms with E-state index in [1.54, 1.807) is 6.07 Å². The van der Waals surface area contributed by atoms with Crippen molar-refractivity contribution in [3.63, 3.8) is 0 Å². The van der Waals surface area contributed by atoms with Gasteiger partial charge in [-0.15, -0.1) is 0 Å². The van der Waals surface area contributed by atoms with Crippen LogP contribution in [0.3, 0.4) is 0 Å². The predicted molar refractivity (Wildman–Crippen MR) is 100 cm³/mol. The van der Waals surface area contributed by atoms with Crippen LogP contribution in [0.2, 0.25) is 5.02 Å². The largest absolute Gasteiger partial charge is 0.494 e. The van der Waals surface area contributed by atoms with E-state index >= 15 is 0 Å². The van der Waals surface area contributed by atoms with Crippen LogP contribution in [-0.2, 0) is 17.8 Å². The number of carbonyl (C=O) groups is 1. The summed E-state index contributed by atoms with van der Waals surface area (Å²) < 4.78 is 16.7. The van der Waals surface area contributed by atoms with Gasteiger partial charge in [-0.1, -0.05) is 23.7 Å². The van der Waals surface area contributed by atoms with Crippen LogP contribution in [0.1, 0.15) is 24.5 Å². The molecule has 1 amide bonds. The molecule has 138 valence electrons. The van der Waals surface area contributed by atoms with Crippen LogP contribution in [0.5, 0.6) is 17.2 Å². The molecule has 0 saturated heterocycles. The van der Waals surface area contributed by atoms with E-state index < -0.39 is 0 Å². The third-order valence-electron chi connectivity index (χ3n) is 3.95. The summed E-state index contributed by atoms with van der Waals surface area (Å²) in [6.45, 7) is 4.12. The maximum Gasteiger partial charge on any atom is 0.224 e. The first-order valence-electron chi connectivity index (χ1n) is 8.72. The number of halogens is 1. The van der Waals surface area contributed by atoms with Gasteiger partial charge in [0.2, 0.25) is 5.91 Å². The van der Waals surface area contributed by atoms with Gasteiger partial charge < -0.3 is 19.5 Å². The van der Waals surface area contributed by atoms with Crippen LogP contribution in [0.25, 0.3) is 0 Å². The lowest BCUT2D eigenvalue weighted by Gasteiger charge is -2.12. The summed E-state index contributed by atoms with van der Waals surface area (Å²) >= 11 is 6.28. The van der Waals surface area contributed by atoms with Crippen molar-refractivity contribution in [2.75, 3.05) is 19.8 Å². The molecule has 1 heterocycles. The quantitative estimate of drug-likeness (QED) is 0.835. The Morgan fingerprint density at radius 3 is 2.69 bits per heavy atom. The van der Waals surface area contributed by atoms with Crippen molar-refractivity contribution >= 4 is 17.5 Å². The maximum absolute atomic E-state index is 12.2. The Labute approximate surface area is 158 Å². The Kier molecular flexibility index (Phi) is 6.23. The lowest BCUT2D eigenvalue weighted by Crippen LogP contribution is -2.24. The van der Waals surface area contributed by atoms with Gasteiger partial charge in [-0.05, 0) is 42.3 Å². The number of carbonyl (C=O) groups excluding carboxylic acids is 1. The van der Waals surface area contributed by atoms with Crippen LogP contribution >= 0.6 is 11.6 Å². The zero-order valence-corrected chi connectivity index (χ0v) is 15.5. The summed E-state index contributed by atoms with van der Waals surface area (Å²) in [7, 11) is 0. The van der Waals surface area contributed by atoms with Crippen molar-refractivity contribution in [3.05, 3.63) is 52.5 Å². The fraction of sp³-hybridized carbons (Fsp3) is 0.350. The molecule has 0 bridgehead atoms. The standard InChI is InChI=1S/C20H22ClNO4/c1-2-24-16-6-4-14(5-7-16)12-19(23)22-13-15-10-17(21)20-18(11-15)25-8-3-9-26-20/h4-7,10-11H,2-3,8-9,12-13H2,1H3,(H,22,23). The second-order valence-corrected chi connectivity index (χ2v) is 6.39. The number of benzene rings is 2. The smallest absolute Gasteiger partial charge is 0.224 e. The highest BCUT2D eigenvalue weighted by atomic mass is 35.5. The van der Waals surface area contributed by atoms with Gasteiger partial charge in [-0.3, -0.25) is 4.79 Å². The molecule has 2 aromatic carbocycles. The fourth-order valence-corrected chi connectivity index (χ4v) is 2.99. The average Bonchev–Trinajstić information content (AvgIpc) is 2.88. The Morgan fingerprint density at radius 1 is 1.15 bits per heavy atom. The highest BCUT2D eigenvalue weighted by Gasteiger charge is 2.16. The predicted octanol–water partition coefficient (Wildman–Crippen LogP) is 3.76. The molecule has 0 aromatic heterocycles. The molecule has 0 spiro atoms. The molecule has 3 rings (SSSR count). The van der Waals surface area contributed by atoms with Crippen molar-refractivity contribution < 1.29 is 19.0 Å². The molecule has 0 radical (unpaired) electrons. The molecule has 0 saturated carbocycles. The van der Waals surface area contributed by atoms with Gasteiger partial charge in [0, 0.05) is 13.0 Å². The van der Waals surface area contributed by atoms with Crippen molar-refractivity contribution in [2.24, 2.45) is 0 Å². The minimum atomic E-state index is -0.0580. The molecule has 0 fully saturated rings. The number of rotatable bonds is 6. The van der Waals surface area contributed by atoms with E-state index in [0.29, 0.717) is 49.3 Å². The normalized spacial score (nSPS) is 13.0. The van der Waals surface area contributed by atoms with E-state index in [0.717, 1.165) is 23.3 Å². The van der Waals surface area contributed by atoms with E-state index in [1.807, 2.05) is 37.3 Å². The summed E-state index contributed by atoms with van der Waals surface area (Å²) in [4.78, 5) is 12.2. The molecule has 2 aromatic rings. The Hall–Kier alpha value is -2.40. The highest BCUT2D eigenvalue weighted by Crippen LogP contribution is 2.37. The zero-order chi connectivity index (χ0) is 18.4. The molecular formula is C20H22ClNO4. The Bertz CT molecular complexity index is 761. The van der Waals surface area contributed by atoms with E-state index in [-0.39, 0.29) is 5.91 Å². The molecular weight excluding hydrogens is 354 g/mol. The van der Waals surface area contributed by atoms with Crippen LogP contribution in [0.4, 0.5) is 0 Å². The molecule has 0 aliphatic carbocycles. The molecule has 1 aliphatic rings. The highest BCUT2D eigenvalue weighted by molar-refractivity contribution is 6.32. The first-order chi connectivity index (χ1) is 12.7. The van der Waals surface area contributed by atoms with Crippen LogP contribution in [0, 0.1) is 0 Å². The van der Waals surface area contributed by atoms with Gasteiger partial charge in [-0.25, -0.2) is 0 Å². The van der Waals surface area contributed by atoms with E-state index in [2.05, 4.69) is 5.32 Å². The van der Waals surface area contributed by atoms with Gasteiger partial charge in [0.15, 0.2) is 11.5 Å². The molecule has 1 N–H and O–H groups in total. The van der Waals surface area contributed by atoms with Crippen LogP contribution < -0.4 is 19.5 Å². The number of nitrogens with one attached hydrogen (secondary N) is 1. The lowest BCUT2D eigenvalue weighted by molar-refractivity contribution is -0.120. The SMILES string of the molecule is CCOc1ccc(CC(=O)NCc2cc(Cl)c3c(c2)OCCCO3)cc1. The van der Waals surface area contributed by atoms with Gasteiger partial charge in [0.05, 0.1) is 31.3 Å². The van der Waals surface area contributed by atoms with E-state index in [4.69, 9.17) is 25.8 Å². The summed E-state index contributed by atoms with van der Waals surface area (Å²) in [5.74, 6) is 1.95. The molecule has 1 aliphatic heterocycles. The second kappa shape index (κ2) is 8.81. The third-order valence-corrected chi connectivity index (χ3v) is 4.23. The summed E-state index contributed by atoms with van der Waals surface area (Å²) in [5, 5.41) is 3.41. The van der Waals surface area contributed by atoms with Crippen molar-refractivity contribution in [3.8, 4) is 17.2 Å². The number of fused-ring (bicyclic) bond motifs is 1. The molecule has 0 unspecified atom stereocenters. The number of hydrogen-bond acceptors (Lipinski definition) is 4. The average molecular weight is 376 g/mol. The first-order valence-corrected chi connectivity index (χ1v) is 9.10. The molecule has 26 heavy (non-hydrogen) atoms. The molecule has 5 nitrogen and oxygen atoms in total. The Morgan fingerprint density at radius 2 is 1.92 bits per heavy atom. The van der Waals surface area contributed by atoms with E-state index in [9.17, 15) is 4.79 Å². The topological polar surface area (TPSA) is 56.8 Å². The minimum absolute atomic E-state index is 0.0580. The van der Waals surface area contributed by atoms with Gasteiger partial charge >= 0.3 is 0 Å². The fourth-order valence-electron chi connectivity index (χ4n) is 2.70. The maximum atomic E-state index is 12.2. The van der Waals surface area contributed by atoms with Gasteiger partial charge in [0.25, 0.3) is 0 Å². The number of amides is 1. The van der Waals surface area contributed by atoms with Crippen molar-refractivity contribution in [2.45, 2.75) is 26.3 Å². The minimum Gasteiger partial charge on any atom is -0.494 e. The molecule has 6 heteroatoms. The summed E-state index contributed by atoms with van der Waals surface area (Å²) in [5.41, 5.74) is 1.81. The van der Waals surface area contributed by atoms with E-state index in [1.165, 1.54) is 0 Å². The lowest BCUT2D eigenvalue weighted by atomic mass is 10.1. The first kappa shape index (κ1) is 18.4. The van der Waals surface area contributed by atoms with Gasteiger partial charge in [-0.2, -0.15) is 0 Å². The van der Waals surface area contributed by atoms with Crippen LogP contribution in [-0.4, -0.2) is 25.7 Å². The third kappa shape index (κ3) is 4.82. The van der Waals surface area contributed by atoms with Crippen molar-refractivity contribution in [1.29, 1.82) is 0 Å². The number of hydrogen-bond donors (Lipinski definition) is 1. The van der Waals surface area contributed by atoms with Gasteiger partial charge in [0.1, 0.15) is 5.75 Å². The van der Waals surface area contributed by atoms with Crippen LogP contribution in [0.15, 0.2) is 36.4 Å².